The highest BCUT2D eigenvalue weighted by molar-refractivity contribution is 7.08. The van der Waals surface area contributed by atoms with Crippen LogP contribution in [0, 0.1) is 0 Å². The Kier molecular flexibility index (Phi) is 3.67. The van der Waals surface area contributed by atoms with Gasteiger partial charge in [-0.05, 0) is 42.0 Å². The minimum Gasteiger partial charge on any atom is -0.378 e. The second-order valence-corrected chi connectivity index (χ2v) is 6.31. The minimum absolute atomic E-state index is 0.231. The van der Waals surface area contributed by atoms with Gasteiger partial charge in [0.1, 0.15) is 0 Å². The summed E-state index contributed by atoms with van der Waals surface area (Å²) in [6, 6.07) is 7.90. The van der Waals surface area contributed by atoms with E-state index in [0.717, 1.165) is 35.2 Å². The number of nitrogens with one attached hydrogen (secondary N) is 1. The van der Waals surface area contributed by atoms with Gasteiger partial charge in [0.05, 0.1) is 12.1 Å². The maximum absolute atomic E-state index is 12.0. The predicted molar refractivity (Wildman–Crippen MR) is 88.6 cm³/mol. The van der Waals surface area contributed by atoms with Gasteiger partial charge in [0.15, 0.2) is 11.6 Å². The van der Waals surface area contributed by atoms with Crippen molar-refractivity contribution in [3.05, 3.63) is 52.0 Å². The highest BCUT2D eigenvalue weighted by Gasteiger charge is 2.17. The molecule has 0 fully saturated rings. The Morgan fingerprint density at radius 3 is 3.09 bits per heavy atom. The van der Waals surface area contributed by atoms with Gasteiger partial charge in [-0.25, -0.2) is 0 Å². The zero-order valence-corrected chi connectivity index (χ0v) is 13.2. The van der Waals surface area contributed by atoms with Gasteiger partial charge >= 0.3 is 0 Å². The lowest BCUT2D eigenvalue weighted by Gasteiger charge is -2.15. The summed E-state index contributed by atoms with van der Waals surface area (Å²) in [7, 11) is 0. The Bertz CT molecular complexity index is 839. The number of anilines is 1. The summed E-state index contributed by atoms with van der Waals surface area (Å²) < 4.78 is 5.26. The fourth-order valence-electron chi connectivity index (χ4n) is 2.75. The van der Waals surface area contributed by atoms with E-state index in [4.69, 9.17) is 4.52 Å². The second kappa shape index (κ2) is 5.96. The van der Waals surface area contributed by atoms with Crippen LogP contribution in [0.3, 0.4) is 0 Å². The first-order valence-corrected chi connectivity index (χ1v) is 8.49. The molecule has 4 rings (SSSR count). The fourth-order valence-corrected chi connectivity index (χ4v) is 3.38. The summed E-state index contributed by atoms with van der Waals surface area (Å²) in [5.74, 6) is 1.35. The molecule has 5 nitrogen and oxygen atoms in total. The molecule has 2 aromatic heterocycles. The monoisotopic (exact) mass is 325 g/mol. The van der Waals surface area contributed by atoms with E-state index >= 15 is 0 Å². The molecule has 1 aliphatic rings. The van der Waals surface area contributed by atoms with Gasteiger partial charge in [0, 0.05) is 23.1 Å². The number of hydrogen-bond acceptors (Lipinski definition) is 6. The van der Waals surface area contributed by atoms with E-state index in [0.29, 0.717) is 24.7 Å². The number of rotatable bonds is 4. The van der Waals surface area contributed by atoms with Gasteiger partial charge in [-0.2, -0.15) is 16.3 Å². The molecule has 116 valence electrons. The molecule has 0 unspecified atom stereocenters. The number of fused-ring (bicyclic) bond motifs is 1. The molecule has 1 aliphatic carbocycles. The molecule has 1 aromatic carbocycles. The average molecular weight is 325 g/mol. The van der Waals surface area contributed by atoms with Crippen LogP contribution in [-0.2, 0) is 13.0 Å². The number of nitrogens with zero attached hydrogens (tertiary/aromatic N) is 2. The van der Waals surface area contributed by atoms with Crippen molar-refractivity contribution in [2.75, 3.05) is 5.32 Å². The summed E-state index contributed by atoms with van der Waals surface area (Å²) in [4.78, 5) is 16.3. The molecule has 0 aliphatic heterocycles. The first-order valence-electron chi connectivity index (χ1n) is 7.55. The zero-order chi connectivity index (χ0) is 15.6. The van der Waals surface area contributed by atoms with Crippen LogP contribution in [0.4, 0.5) is 5.69 Å². The topological polar surface area (TPSA) is 68.0 Å². The van der Waals surface area contributed by atoms with Gasteiger partial charge in [-0.3, -0.25) is 4.79 Å². The molecule has 0 saturated heterocycles. The van der Waals surface area contributed by atoms with Gasteiger partial charge < -0.3 is 9.84 Å². The van der Waals surface area contributed by atoms with Crippen LogP contribution >= 0.6 is 11.3 Å². The normalized spacial score (nSPS) is 13.8. The number of carbonyl (C=O) groups is 1. The van der Waals surface area contributed by atoms with Crippen LogP contribution in [0.15, 0.2) is 39.5 Å². The van der Waals surface area contributed by atoms with Crippen molar-refractivity contribution in [3.63, 3.8) is 0 Å². The standard InChI is InChI=1S/C17H15N3O2S/c21-15-3-1-2-11-4-5-13(8-14(11)15)18-9-16-19-17(22-20-16)12-6-7-23-10-12/h4-8,10,18H,1-3,9H2. The van der Waals surface area contributed by atoms with Crippen LogP contribution in [0.25, 0.3) is 11.5 Å². The second-order valence-electron chi connectivity index (χ2n) is 5.53. The van der Waals surface area contributed by atoms with Crippen LogP contribution in [0.2, 0.25) is 0 Å². The number of carbonyl (C=O) groups excluding carboxylic acids is 1. The van der Waals surface area contributed by atoms with Crippen molar-refractivity contribution >= 4 is 22.8 Å². The van der Waals surface area contributed by atoms with Crippen molar-refractivity contribution < 1.29 is 9.32 Å². The van der Waals surface area contributed by atoms with Gasteiger partial charge in [0.25, 0.3) is 5.89 Å². The SMILES string of the molecule is O=C1CCCc2ccc(NCc3noc(-c4ccsc4)n3)cc21. The number of aryl methyl sites for hydroxylation is 1. The number of ketones is 1. The molecular formula is C17H15N3O2S. The van der Waals surface area contributed by atoms with E-state index in [1.807, 2.05) is 35.0 Å². The van der Waals surface area contributed by atoms with Gasteiger partial charge in [-0.15, -0.1) is 0 Å². The Labute approximate surface area is 137 Å². The Morgan fingerprint density at radius 2 is 2.22 bits per heavy atom. The minimum atomic E-state index is 0.231. The first-order chi connectivity index (χ1) is 11.3. The van der Waals surface area contributed by atoms with Crippen LogP contribution in [0.1, 0.15) is 34.6 Å². The molecule has 3 aromatic rings. The number of aromatic nitrogens is 2. The zero-order valence-electron chi connectivity index (χ0n) is 12.4. The highest BCUT2D eigenvalue weighted by atomic mass is 32.1. The third kappa shape index (κ3) is 2.90. The van der Waals surface area contributed by atoms with E-state index in [1.165, 1.54) is 0 Å². The highest BCUT2D eigenvalue weighted by Crippen LogP contribution is 2.25. The van der Waals surface area contributed by atoms with Crippen molar-refractivity contribution in [1.29, 1.82) is 0 Å². The van der Waals surface area contributed by atoms with Crippen LogP contribution in [0.5, 0.6) is 0 Å². The molecule has 23 heavy (non-hydrogen) atoms. The lowest BCUT2D eigenvalue weighted by Crippen LogP contribution is -2.11. The van der Waals surface area contributed by atoms with Crippen LogP contribution < -0.4 is 5.32 Å². The molecule has 0 amide bonds. The number of thiophene rings is 1. The molecule has 6 heteroatoms. The fraction of sp³-hybridized carbons (Fsp3) is 0.235. The maximum Gasteiger partial charge on any atom is 0.258 e. The Balaban J connectivity index is 1.47. The third-order valence-electron chi connectivity index (χ3n) is 3.95. The van der Waals surface area contributed by atoms with E-state index < -0.39 is 0 Å². The molecule has 0 atom stereocenters. The van der Waals surface area contributed by atoms with E-state index in [9.17, 15) is 4.79 Å². The quantitative estimate of drug-likeness (QED) is 0.787. The average Bonchev–Trinajstić information content (AvgIpc) is 3.25. The summed E-state index contributed by atoms with van der Waals surface area (Å²) in [5, 5.41) is 11.2. The molecule has 0 radical (unpaired) electrons. The van der Waals surface area contributed by atoms with Crippen molar-refractivity contribution in [3.8, 4) is 11.5 Å². The van der Waals surface area contributed by atoms with Crippen molar-refractivity contribution in [1.82, 2.24) is 10.1 Å². The summed E-state index contributed by atoms with van der Waals surface area (Å²) >= 11 is 1.59. The first kappa shape index (κ1) is 14.1. The number of Topliss-reactive ketones (excluding diaryl/α,β-unsaturated/α-hetero) is 1. The molecule has 0 spiro atoms. The lowest BCUT2D eigenvalue weighted by atomic mass is 9.90. The van der Waals surface area contributed by atoms with Crippen molar-refractivity contribution in [2.45, 2.75) is 25.8 Å². The largest absolute Gasteiger partial charge is 0.378 e. The summed E-state index contributed by atoms with van der Waals surface area (Å²) in [6.45, 7) is 0.459. The van der Waals surface area contributed by atoms with E-state index in [1.54, 1.807) is 11.3 Å². The lowest BCUT2D eigenvalue weighted by molar-refractivity contribution is 0.0972. The summed E-state index contributed by atoms with van der Waals surface area (Å²) in [6.07, 6.45) is 2.58. The van der Waals surface area contributed by atoms with Crippen molar-refractivity contribution in [2.24, 2.45) is 0 Å². The molecule has 0 bridgehead atoms. The molecule has 2 heterocycles. The van der Waals surface area contributed by atoms with Gasteiger partial charge in [0.2, 0.25) is 0 Å². The molecule has 0 saturated carbocycles. The number of benzene rings is 1. The van der Waals surface area contributed by atoms with E-state index in [-0.39, 0.29) is 5.78 Å². The molecular weight excluding hydrogens is 310 g/mol. The van der Waals surface area contributed by atoms with Gasteiger partial charge in [-0.1, -0.05) is 11.2 Å². The predicted octanol–water partition coefficient (Wildman–Crippen LogP) is 3.93. The maximum atomic E-state index is 12.0. The Hall–Kier alpha value is -2.47. The third-order valence-corrected chi connectivity index (χ3v) is 4.63. The summed E-state index contributed by atoms with van der Waals surface area (Å²) in [5.41, 5.74) is 3.83. The van der Waals surface area contributed by atoms with Crippen LogP contribution in [-0.4, -0.2) is 15.9 Å². The van der Waals surface area contributed by atoms with E-state index in [2.05, 4.69) is 15.5 Å². The smallest absolute Gasteiger partial charge is 0.258 e. The Morgan fingerprint density at radius 1 is 1.26 bits per heavy atom. The molecule has 1 N–H and O–H groups in total. The number of hydrogen-bond donors (Lipinski definition) is 1.